The van der Waals surface area contributed by atoms with Crippen LogP contribution in [0.25, 0.3) is 0 Å². The molecule has 0 saturated carbocycles. The lowest BCUT2D eigenvalue weighted by atomic mass is 9.87. The van der Waals surface area contributed by atoms with Gasteiger partial charge in [0.05, 0.1) is 39.6 Å². The van der Waals surface area contributed by atoms with E-state index >= 15 is 0 Å². The molecule has 5 heteroatoms. The highest BCUT2D eigenvalue weighted by molar-refractivity contribution is 5.31. The van der Waals surface area contributed by atoms with Gasteiger partial charge in [-0.3, -0.25) is 0 Å². The first-order chi connectivity index (χ1) is 16.8. The SMILES string of the molecule is COc1ccc(COC2CNCCC2c2ccc(OCCCOCc3ccccc3)cc2)cc1. The van der Waals surface area contributed by atoms with E-state index in [1.807, 2.05) is 30.3 Å². The summed E-state index contributed by atoms with van der Waals surface area (Å²) in [4.78, 5) is 0. The van der Waals surface area contributed by atoms with Crippen molar-refractivity contribution in [2.24, 2.45) is 0 Å². The Balaban J connectivity index is 1.21. The quantitative estimate of drug-likeness (QED) is 0.369. The number of hydrogen-bond donors (Lipinski definition) is 1. The van der Waals surface area contributed by atoms with Crippen LogP contribution in [0.3, 0.4) is 0 Å². The number of nitrogens with one attached hydrogen (secondary N) is 1. The average Bonchev–Trinajstić information content (AvgIpc) is 2.91. The highest BCUT2D eigenvalue weighted by atomic mass is 16.5. The molecule has 180 valence electrons. The number of ether oxygens (including phenoxy) is 4. The minimum atomic E-state index is 0.143. The summed E-state index contributed by atoms with van der Waals surface area (Å²) in [5.74, 6) is 2.14. The molecule has 0 radical (unpaired) electrons. The standard InChI is InChI=1S/C29H35NO4/c1-31-26-12-8-24(9-13-26)22-34-29-20-30-17-16-28(29)25-10-14-27(15-11-25)33-19-5-18-32-21-23-6-3-2-4-7-23/h2-4,6-15,28-30H,5,16-22H2,1H3. The summed E-state index contributed by atoms with van der Waals surface area (Å²) in [7, 11) is 1.68. The van der Waals surface area contributed by atoms with Crippen molar-refractivity contribution in [2.75, 3.05) is 33.4 Å². The maximum absolute atomic E-state index is 6.33. The van der Waals surface area contributed by atoms with Crippen molar-refractivity contribution >= 4 is 0 Å². The molecule has 0 aromatic heterocycles. The van der Waals surface area contributed by atoms with Crippen LogP contribution in [0.15, 0.2) is 78.9 Å². The molecule has 34 heavy (non-hydrogen) atoms. The van der Waals surface area contributed by atoms with Crippen molar-refractivity contribution in [3.8, 4) is 11.5 Å². The Morgan fingerprint density at radius 1 is 0.794 bits per heavy atom. The van der Waals surface area contributed by atoms with Crippen molar-refractivity contribution in [1.82, 2.24) is 5.32 Å². The molecule has 4 rings (SSSR count). The second-order valence-electron chi connectivity index (χ2n) is 8.61. The van der Waals surface area contributed by atoms with E-state index in [2.05, 4.69) is 53.8 Å². The van der Waals surface area contributed by atoms with Crippen molar-refractivity contribution in [2.45, 2.75) is 38.1 Å². The second-order valence-corrected chi connectivity index (χ2v) is 8.61. The predicted molar refractivity (Wildman–Crippen MR) is 134 cm³/mol. The Kier molecular flexibility index (Phi) is 9.38. The largest absolute Gasteiger partial charge is 0.497 e. The molecule has 0 amide bonds. The summed E-state index contributed by atoms with van der Waals surface area (Å²) in [6, 6.07) is 26.8. The smallest absolute Gasteiger partial charge is 0.119 e. The molecule has 1 aliphatic rings. The van der Waals surface area contributed by atoms with E-state index in [9.17, 15) is 0 Å². The molecule has 5 nitrogen and oxygen atoms in total. The lowest BCUT2D eigenvalue weighted by Gasteiger charge is -2.32. The molecule has 1 N–H and O–H groups in total. The first-order valence-electron chi connectivity index (χ1n) is 12.1. The summed E-state index contributed by atoms with van der Waals surface area (Å²) in [6.45, 7) is 4.45. The second kappa shape index (κ2) is 13.1. The first-order valence-corrected chi connectivity index (χ1v) is 12.1. The fourth-order valence-corrected chi connectivity index (χ4v) is 4.24. The van der Waals surface area contributed by atoms with Crippen LogP contribution in [0, 0.1) is 0 Å². The monoisotopic (exact) mass is 461 g/mol. The fourth-order valence-electron chi connectivity index (χ4n) is 4.24. The van der Waals surface area contributed by atoms with Crippen molar-refractivity contribution < 1.29 is 18.9 Å². The summed E-state index contributed by atoms with van der Waals surface area (Å²) in [6.07, 6.45) is 2.07. The molecule has 0 spiro atoms. The number of hydrogen-bond acceptors (Lipinski definition) is 5. The Morgan fingerprint density at radius 3 is 2.29 bits per heavy atom. The zero-order chi connectivity index (χ0) is 23.4. The molecular formula is C29H35NO4. The third kappa shape index (κ3) is 7.32. The summed E-state index contributed by atoms with van der Waals surface area (Å²) in [5, 5.41) is 3.47. The zero-order valence-corrected chi connectivity index (χ0v) is 20.0. The van der Waals surface area contributed by atoms with Gasteiger partial charge in [-0.25, -0.2) is 0 Å². The molecular weight excluding hydrogens is 426 g/mol. The first kappa shape index (κ1) is 24.3. The molecule has 0 aliphatic carbocycles. The van der Waals surface area contributed by atoms with Gasteiger partial charge in [-0.05, 0) is 53.9 Å². The summed E-state index contributed by atoms with van der Waals surface area (Å²) < 4.78 is 23.2. The van der Waals surface area contributed by atoms with E-state index in [-0.39, 0.29) is 6.10 Å². The van der Waals surface area contributed by atoms with Crippen molar-refractivity contribution in [3.05, 3.63) is 95.6 Å². The lowest BCUT2D eigenvalue weighted by Crippen LogP contribution is -2.40. The van der Waals surface area contributed by atoms with Crippen LogP contribution in [0.4, 0.5) is 0 Å². The van der Waals surface area contributed by atoms with Gasteiger partial charge < -0.3 is 24.3 Å². The van der Waals surface area contributed by atoms with E-state index in [1.165, 1.54) is 11.1 Å². The van der Waals surface area contributed by atoms with E-state index in [0.29, 0.717) is 32.3 Å². The highest BCUT2D eigenvalue weighted by Crippen LogP contribution is 2.30. The van der Waals surface area contributed by atoms with Crippen molar-refractivity contribution in [3.63, 3.8) is 0 Å². The number of methoxy groups -OCH3 is 1. The van der Waals surface area contributed by atoms with Gasteiger partial charge in [-0.1, -0.05) is 54.6 Å². The minimum Gasteiger partial charge on any atom is -0.497 e. The highest BCUT2D eigenvalue weighted by Gasteiger charge is 2.27. The van der Waals surface area contributed by atoms with Gasteiger partial charge in [0.2, 0.25) is 0 Å². The van der Waals surface area contributed by atoms with Gasteiger partial charge in [0.1, 0.15) is 11.5 Å². The Bertz CT molecular complexity index is 960. The van der Waals surface area contributed by atoms with Gasteiger partial charge in [-0.2, -0.15) is 0 Å². The molecule has 3 aromatic carbocycles. The van der Waals surface area contributed by atoms with E-state index in [1.54, 1.807) is 7.11 Å². The maximum atomic E-state index is 6.33. The summed E-state index contributed by atoms with van der Waals surface area (Å²) in [5.41, 5.74) is 3.66. The Morgan fingerprint density at radius 2 is 1.53 bits per heavy atom. The number of piperidine rings is 1. The van der Waals surface area contributed by atoms with Crippen LogP contribution < -0.4 is 14.8 Å². The van der Waals surface area contributed by atoms with Crippen LogP contribution in [-0.4, -0.2) is 39.5 Å². The predicted octanol–water partition coefficient (Wildman–Crippen LogP) is 5.34. The van der Waals surface area contributed by atoms with Crippen LogP contribution in [-0.2, 0) is 22.7 Å². The molecule has 1 fully saturated rings. The molecule has 2 atom stereocenters. The van der Waals surface area contributed by atoms with Gasteiger partial charge in [0, 0.05) is 18.9 Å². The maximum Gasteiger partial charge on any atom is 0.119 e. The third-order valence-corrected chi connectivity index (χ3v) is 6.17. The fraction of sp³-hybridized carbons (Fsp3) is 0.379. The third-order valence-electron chi connectivity index (χ3n) is 6.17. The minimum absolute atomic E-state index is 0.143. The van der Waals surface area contributed by atoms with E-state index < -0.39 is 0 Å². The van der Waals surface area contributed by atoms with E-state index in [0.717, 1.165) is 43.0 Å². The molecule has 3 aromatic rings. The molecule has 2 unspecified atom stereocenters. The molecule has 1 heterocycles. The molecule has 0 bridgehead atoms. The van der Waals surface area contributed by atoms with Gasteiger partial charge >= 0.3 is 0 Å². The van der Waals surface area contributed by atoms with Crippen LogP contribution in [0.5, 0.6) is 11.5 Å². The Labute approximate surface area is 203 Å². The van der Waals surface area contributed by atoms with E-state index in [4.69, 9.17) is 18.9 Å². The van der Waals surface area contributed by atoms with Gasteiger partial charge in [0.15, 0.2) is 0 Å². The molecule has 1 aliphatic heterocycles. The Hall–Kier alpha value is -2.86. The van der Waals surface area contributed by atoms with Crippen LogP contribution in [0.1, 0.15) is 35.4 Å². The van der Waals surface area contributed by atoms with Gasteiger partial charge in [0.25, 0.3) is 0 Å². The topological polar surface area (TPSA) is 49.0 Å². The average molecular weight is 462 g/mol. The summed E-state index contributed by atoms with van der Waals surface area (Å²) >= 11 is 0. The van der Waals surface area contributed by atoms with Crippen LogP contribution >= 0.6 is 0 Å². The number of rotatable bonds is 12. The van der Waals surface area contributed by atoms with Crippen molar-refractivity contribution in [1.29, 1.82) is 0 Å². The van der Waals surface area contributed by atoms with Gasteiger partial charge in [-0.15, -0.1) is 0 Å². The zero-order valence-electron chi connectivity index (χ0n) is 20.0. The van der Waals surface area contributed by atoms with Crippen LogP contribution in [0.2, 0.25) is 0 Å². The lowest BCUT2D eigenvalue weighted by molar-refractivity contribution is 0.0106. The normalized spacial score (nSPS) is 17.9. The molecule has 1 saturated heterocycles. The number of benzene rings is 3.